The minimum Gasteiger partial charge on any atom is -0.726 e. The van der Waals surface area contributed by atoms with E-state index >= 15 is 0 Å². The van der Waals surface area contributed by atoms with Crippen LogP contribution in [0.2, 0.25) is 0 Å². The molecular formula is C3H5NaO4S. The minimum atomic E-state index is -4.51. The SMILES string of the molecule is C=CCOS(=O)(=O)[O-].[Na+]. The average Bonchev–Trinajstić information content (AvgIpc) is 1.59. The Hall–Kier alpha value is 0.610. The van der Waals surface area contributed by atoms with Crippen molar-refractivity contribution in [2.45, 2.75) is 0 Å². The first-order chi connectivity index (χ1) is 3.56. The van der Waals surface area contributed by atoms with Crippen molar-refractivity contribution in [3.8, 4) is 0 Å². The van der Waals surface area contributed by atoms with E-state index in [4.69, 9.17) is 0 Å². The Labute approximate surface area is 76.1 Å². The molecule has 0 bridgehead atoms. The van der Waals surface area contributed by atoms with Crippen LogP contribution >= 0.6 is 0 Å². The third-order valence-corrected chi connectivity index (χ3v) is 0.755. The fraction of sp³-hybridized carbons (Fsp3) is 0.333. The van der Waals surface area contributed by atoms with E-state index in [1.165, 1.54) is 6.08 Å². The fourth-order valence-corrected chi connectivity index (χ4v) is 0.394. The molecule has 6 heteroatoms. The van der Waals surface area contributed by atoms with E-state index in [2.05, 4.69) is 10.8 Å². The summed E-state index contributed by atoms with van der Waals surface area (Å²) in [4.78, 5) is 0. The molecule has 0 aromatic heterocycles. The molecule has 0 unspecified atom stereocenters. The Morgan fingerprint density at radius 2 is 2.11 bits per heavy atom. The van der Waals surface area contributed by atoms with Crippen molar-refractivity contribution < 1.29 is 46.7 Å². The zero-order valence-corrected chi connectivity index (χ0v) is 7.85. The van der Waals surface area contributed by atoms with E-state index in [1.807, 2.05) is 0 Å². The Balaban J connectivity index is 0. The molecule has 0 aliphatic carbocycles. The third-order valence-electron chi connectivity index (χ3n) is 0.330. The van der Waals surface area contributed by atoms with E-state index in [0.29, 0.717) is 0 Å². The van der Waals surface area contributed by atoms with Gasteiger partial charge in [0.05, 0.1) is 6.61 Å². The molecule has 0 aromatic rings. The van der Waals surface area contributed by atoms with Crippen molar-refractivity contribution in [1.82, 2.24) is 0 Å². The summed E-state index contributed by atoms with van der Waals surface area (Å²) >= 11 is 0. The molecule has 48 valence electrons. The Kier molecular flexibility index (Phi) is 7.38. The van der Waals surface area contributed by atoms with E-state index in [0.717, 1.165) is 0 Å². The number of hydrogen-bond acceptors (Lipinski definition) is 4. The first kappa shape index (κ1) is 12.3. The van der Waals surface area contributed by atoms with E-state index in [9.17, 15) is 13.0 Å². The monoisotopic (exact) mass is 160 g/mol. The molecular weight excluding hydrogens is 155 g/mol. The predicted octanol–water partition coefficient (Wildman–Crippen LogP) is -3.35. The Morgan fingerprint density at radius 1 is 1.67 bits per heavy atom. The first-order valence-electron chi connectivity index (χ1n) is 1.77. The van der Waals surface area contributed by atoms with Gasteiger partial charge in [-0.15, -0.1) is 6.58 Å². The summed E-state index contributed by atoms with van der Waals surface area (Å²) in [6.07, 6.45) is 1.18. The van der Waals surface area contributed by atoms with E-state index in [-0.39, 0.29) is 36.2 Å². The van der Waals surface area contributed by atoms with Gasteiger partial charge in [-0.1, -0.05) is 6.08 Å². The maximum absolute atomic E-state index is 9.56. The van der Waals surface area contributed by atoms with Gasteiger partial charge in [0, 0.05) is 0 Å². The third kappa shape index (κ3) is 12.0. The largest absolute Gasteiger partial charge is 1.00 e. The summed E-state index contributed by atoms with van der Waals surface area (Å²) in [5.41, 5.74) is 0. The molecule has 0 saturated carbocycles. The molecule has 0 fully saturated rings. The second-order valence-electron chi connectivity index (χ2n) is 0.981. The predicted molar refractivity (Wildman–Crippen MR) is 25.8 cm³/mol. The fourth-order valence-electron chi connectivity index (χ4n) is 0.131. The number of rotatable bonds is 3. The molecule has 0 heterocycles. The molecule has 0 radical (unpaired) electrons. The molecule has 0 N–H and O–H groups in total. The minimum absolute atomic E-state index is 0. The molecule has 4 nitrogen and oxygen atoms in total. The van der Waals surface area contributed by atoms with Crippen molar-refractivity contribution in [1.29, 1.82) is 0 Å². The van der Waals surface area contributed by atoms with Gasteiger partial charge < -0.3 is 4.55 Å². The number of hydrogen-bond donors (Lipinski definition) is 0. The van der Waals surface area contributed by atoms with Crippen LogP contribution in [-0.4, -0.2) is 19.6 Å². The molecule has 0 rings (SSSR count). The van der Waals surface area contributed by atoms with Crippen LogP contribution in [0.4, 0.5) is 0 Å². The summed E-state index contributed by atoms with van der Waals surface area (Å²) in [5.74, 6) is 0. The summed E-state index contributed by atoms with van der Waals surface area (Å²) in [5, 5.41) is 0. The quantitative estimate of drug-likeness (QED) is 0.187. The van der Waals surface area contributed by atoms with Crippen LogP contribution in [0.25, 0.3) is 0 Å². The molecule has 0 atom stereocenters. The van der Waals surface area contributed by atoms with Crippen molar-refractivity contribution in [2.75, 3.05) is 6.61 Å². The van der Waals surface area contributed by atoms with Crippen LogP contribution in [0.5, 0.6) is 0 Å². The van der Waals surface area contributed by atoms with E-state index in [1.54, 1.807) is 0 Å². The van der Waals surface area contributed by atoms with Crippen molar-refractivity contribution in [3.05, 3.63) is 12.7 Å². The summed E-state index contributed by atoms with van der Waals surface area (Å²) < 4.78 is 32.4. The second-order valence-corrected chi connectivity index (χ2v) is 2.03. The van der Waals surface area contributed by atoms with Gasteiger partial charge in [-0.3, -0.25) is 4.18 Å². The topological polar surface area (TPSA) is 66.4 Å². The summed E-state index contributed by atoms with van der Waals surface area (Å²) in [6, 6.07) is 0. The van der Waals surface area contributed by atoms with Gasteiger partial charge in [0.1, 0.15) is 0 Å². The Morgan fingerprint density at radius 3 is 2.22 bits per heavy atom. The molecule has 0 saturated heterocycles. The van der Waals surface area contributed by atoms with Gasteiger partial charge in [0.2, 0.25) is 10.4 Å². The Bertz CT molecular complexity index is 161. The zero-order chi connectivity index (χ0) is 6.62. The van der Waals surface area contributed by atoms with Crippen LogP contribution in [0, 0.1) is 0 Å². The van der Waals surface area contributed by atoms with Crippen LogP contribution in [0.15, 0.2) is 12.7 Å². The van der Waals surface area contributed by atoms with Crippen LogP contribution in [-0.2, 0) is 14.6 Å². The van der Waals surface area contributed by atoms with Crippen molar-refractivity contribution in [3.63, 3.8) is 0 Å². The molecule has 0 spiro atoms. The van der Waals surface area contributed by atoms with Gasteiger partial charge >= 0.3 is 29.6 Å². The smallest absolute Gasteiger partial charge is 0.726 e. The molecule has 0 amide bonds. The molecule has 0 aliphatic rings. The van der Waals surface area contributed by atoms with Crippen LogP contribution in [0.3, 0.4) is 0 Å². The molecule has 9 heavy (non-hydrogen) atoms. The zero-order valence-electron chi connectivity index (χ0n) is 5.03. The second kappa shape index (κ2) is 5.40. The standard InChI is InChI=1S/C3H6O4S.Na/c1-2-3-7-8(4,5)6;/h2H,1,3H2,(H,4,5,6);/q;+1/p-1. The van der Waals surface area contributed by atoms with Crippen molar-refractivity contribution in [2.24, 2.45) is 0 Å². The first-order valence-corrected chi connectivity index (χ1v) is 3.11. The van der Waals surface area contributed by atoms with E-state index < -0.39 is 10.4 Å². The van der Waals surface area contributed by atoms with Gasteiger partial charge in [-0.25, -0.2) is 8.42 Å². The molecule has 0 aromatic carbocycles. The maximum atomic E-state index is 9.56. The van der Waals surface area contributed by atoms with Gasteiger partial charge in [-0.05, 0) is 0 Å². The summed E-state index contributed by atoms with van der Waals surface area (Å²) in [6.45, 7) is 2.88. The van der Waals surface area contributed by atoms with Gasteiger partial charge in [-0.2, -0.15) is 0 Å². The maximum Gasteiger partial charge on any atom is 1.00 e. The normalized spacial score (nSPS) is 9.89. The van der Waals surface area contributed by atoms with Crippen LogP contribution in [0.1, 0.15) is 0 Å². The van der Waals surface area contributed by atoms with Gasteiger partial charge in [0.15, 0.2) is 0 Å². The average molecular weight is 160 g/mol. The van der Waals surface area contributed by atoms with Crippen LogP contribution < -0.4 is 29.6 Å². The van der Waals surface area contributed by atoms with Crippen molar-refractivity contribution >= 4 is 10.4 Å². The van der Waals surface area contributed by atoms with Gasteiger partial charge in [0.25, 0.3) is 0 Å². The molecule has 0 aliphatic heterocycles. The summed E-state index contributed by atoms with van der Waals surface area (Å²) in [7, 11) is -4.51.